The third-order valence-electron chi connectivity index (χ3n) is 4.19. The topological polar surface area (TPSA) is 24.5 Å². The Kier molecular flexibility index (Phi) is 6.22. The average Bonchev–Trinajstić information content (AvgIpc) is 2.44. The fraction of sp³-hybridized carbons (Fsp3) is 0.667. The zero-order valence-electron chi connectivity index (χ0n) is 13.9. The van der Waals surface area contributed by atoms with E-state index in [0.717, 1.165) is 26.2 Å². The van der Waals surface area contributed by atoms with Crippen molar-refractivity contribution < 1.29 is 4.74 Å². The van der Waals surface area contributed by atoms with Crippen molar-refractivity contribution in [1.82, 2.24) is 10.2 Å². The lowest BCUT2D eigenvalue weighted by Gasteiger charge is -2.38. The van der Waals surface area contributed by atoms with Gasteiger partial charge in [-0.2, -0.15) is 0 Å². The van der Waals surface area contributed by atoms with Gasteiger partial charge in [0.15, 0.2) is 0 Å². The molecule has 0 bridgehead atoms. The van der Waals surface area contributed by atoms with E-state index < -0.39 is 0 Å². The summed E-state index contributed by atoms with van der Waals surface area (Å²) in [5, 5.41) is 3.65. The minimum Gasteiger partial charge on any atom is -0.373 e. The van der Waals surface area contributed by atoms with Gasteiger partial charge in [-0.3, -0.25) is 4.90 Å². The van der Waals surface area contributed by atoms with Gasteiger partial charge in [0.1, 0.15) is 0 Å². The lowest BCUT2D eigenvalue weighted by Crippen LogP contribution is -2.48. The zero-order valence-corrected chi connectivity index (χ0v) is 13.9. The Labute approximate surface area is 129 Å². The van der Waals surface area contributed by atoms with Gasteiger partial charge in [0.05, 0.1) is 12.2 Å². The minimum atomic E-state index is 0.343. The fourth-order valence-corrected chi connectivity index (χ4v) is 3.47. The van der Waals surface area contributed by atoms with Crippen LogP contribution in [0.15, 0.2) is 30.3 Å². The highest BCUT2D eigenvalue weighted by atomic mass is 16.5. The molecule has 2 unspecified atom stereocenters. The lowest BCUT2D eigenvalue weighted by molar-refractivity contribution is -0.0719. The number of nitrogens with one attached hydrogen (secondary N) is 1. The van der Waals surface area contributed by atoms with Crippen LogP contribution < -0.4 is 5.32 Å². The lowest BCUT2D eigenvalue weighted by atomic mass is 9.93. The van der Waals surface area contributed by atoms with Crippen LogP contribution in [0.3, 0.4) is 0 Å². The number of nitrogens with zero attached hydrogens (tertiary/aromatic N) is 1. The first-order valence-corrected chi connectivity index (χ1v) is 8.26. The molecule has 1 saturated heterocycles. The van der Waals surface area contributed by atoms with E-state index in [4.69, 9.17) is 4.74 Å². The maximum absolute atomic E-state index is 5.83. The summed E-state index contributed by atoms with van der Waals surface area (Å²) in [4.78, 5) is 2.55. The summed E-state index contributed by atoms with van der Waals surface area (Å²) in [6, 6.07) is 11.2. The van der Waals surface area contributed by atoms with Gasteiger partial charge < -0.3 is 10.1 Å². The normalized spacial score (nSPS) is 26.5. The third-order valence-corrected chi connectivity index (χ3v) is 4.19. The van der Waals surface area contributed by atoms with Crippen LogP contribution in [0.1, 0.15) is 39.3 Å². The molecule has 1 fully saturated rings. The van der Waals surface area contributed by atoms with E-state index in [0.29, 0.717) is 24.2 Å². The molecule has 118 valence electrons. The molecule has 1 N–H and O–H groups in total. The summed E-state index contributed by atoms with van der Waals surface area (Å²) in [5.41, 5.74) is 1.39. The number of benzene rings is 1. The van der Waals surface area contributed by atoms with E-state index in [-0.39, 0.29) is 0 Å². The highest BCUT2D eigenvalue weighted by Gasteiger charge is 2.26. The molecule has 1 aliphatic rings. The first-order chi connectivity index (χ1) is 10.1. The summed E-state index contributed by atoms with van der Waals surface area (Å²) in [6.07, 6.45) is 0.686. The van der Waals surface area contributed by atoms with Crippen LogP contribution in [-0.4, -0.2) is 43.3 Å². The van der Waals surface area contributed by atoms with Crippen LogP contribution in [-0.2, 0) is 4.74 Å². The smallest absolute Gasteiger partial charge is 0.0678 e. The summed E-state index contributed by atoms with van der Waals surface area (Å²) >= 11 is 0. The Morgan fingerprint density at radius 2 is 1.81 bits per heavy atom. The number of ether oxygens (including phenoxy) is 1. The molecule has 3 nitrogen and oxygen atoms in total. The monoisotopic (exact) mass is 290 g/mol. The maximum atomic E-state index is 5.83. The van der Waals surface area contributed by atoms with Crippen molar-refractivity contribution in [3.05, 3.63) is 35.9 Å². The Morgan fingerprint density at radius 1 is 1.19 bits per heavy atom. The average molecular weight is 290 g/mol. The molecule has 4 atom stereocenters. The number of hydrogen-bond acceptors (Lipinski definition) is 3. The van der Waals surface area contributed by atoms with E-state index >= 15 is 0 Å². The molecule has 21 heavy (non-hydrogen) atoms. The largest absolute Gasteiger partial charge is 0.373 e. The van der Waals surface area contributed by atoms with Crippen molar-refractivity contribution in [2.24, 2.45) is 5.92 Å². The van der Waals surface area contributed by atoms with Crippen LogP contribution in [0.5, 0.6) is 0 Å². The molecule has 0 spiro atoms. The van der Waals surface area contributed by atoms with Crippen molar-refractivity contribution in [2.75, 3.05) is 26.2 Å². The first-order valence-electron chi connectivity index (χ1n) is 8.26. The molecule has 0 radical (unpaired) electrons. The zero-order chi connectivity index (χ0) is 15.2. The van der Waals surface area contributed by atoms with Gasteiger partial charge >= 0.3 is 0 Å². The predicted molar refractivity (Wildman–Crippen MR) is 88.5 cm³/mol. The number of hydrogen-bond donors (Lipinski definition) is 1. The second-order valence-corrected chi connectivity index (χ2v) is 6.40. The Morgan fingerprint density at radius 3 is 2.38 bits per heavy atom. The van der Waals surface area contributed by atoms with Gasteiger partial charge in [-0.1, -0.05) is 44.2 Å². The minimum absolute atomic E-state index is 0.343. The molecule has 0 amide bonds. The van der Waals surface area contributed by atoms with Crippen LogP contribution >= 0.6 is 0 Å². The Balaban J connectivity index is 2.00. The summed E-state index contributed by atoms with van der Waals surface area (Å²) in [5.74, 6) is 0.574. The van der Waals surface area contributed by atoms with Crippen molar-refractivity contribution in [3.8, 4) is 0 Å². The maximum Gasteiger partial charge on any atom is 0.0678 e. The van der Waals surface area contributed by atoms with Gasteiger partial charge in [0, 0.05) is 25.7 Å². The van der Waals surface area contributed by atoms with Gasteiger partial charge in [-0.15, -0.1) is 0 Å². The van der Waals surface area contributed by atoms with Crippen molar-refractivity contribution in [3.63, 3.8) is 0 Å². The van der Waals surface area contributed by atoms with Gasteiger partial charge in [-0.05, 0) is 31.9 Å². The van der Waals surface area contributed by atoms with Crippen molar-refractivity contribution >= 4 is 0 Å². The van der Waals surface area contributed by atoms with E-state index in [1.54, 1.807) is 0 Å². The molecule has 1 aromatic rings. The predicted octanol–water partition coefficient (Wildman–Crippen LogP) is 3.08. The second kappa shape index (κ2) is 7.92. The standard InChI is InChI=1S/C18H30N2O/c1-5-19-18(17-9-7-6-8-10-17)14(2)11-20-12-15(3)21-16(4)13-20/h6-10,14-16,18-19H,5,11-13H2,1-4H3/t14?,15-,16+,18?. The molecule has 2 rings (SSSR count). The van der Waals surface area contributed by atoms with E-state index in [1.807, 2.05) is 0 Å². The molecule has 0 aromatic heterocycles. The van der Waals surface area contributed by atoms with Crippen LogP contribution in [0, 0.1) is 5.92 Å². The SMILES string of the molecule is CCNC(c1ccccc1)C(C)CN1C[C@@H](C)O[C@@H](C)C1. The molecule has 1 heterocycles. The van der Waals surface area contributed by atoms with E-state index in [1.165, 1.54) is 5.56 Å². The van der Waals surface area contributed by atoms with Crippen molar-refractivity contribution in [2.45, 2.75) is 45.9 Å². The molecule has 1 aliphatic heterocycles. The van der Waals surface area contributed by atoms with Gasteiger partial charge in [-0.25, -0.2) is 0 Å². The van der Waals surface area contributed by atoms with E-state index in [2.05, 4.69) is 68.2 Å². The Bertz CT molecular complexity index is 399. The number of rotatable bonds is 6. The summed E-state index contributed by atoms with van der Waals surface area (Å²) in [6.45, 7) is 13.1. The highest BCUT2D eigenvalue weighted by molar-refractivity contribution is 5.19. The molecular weight excluding hydrogens is 260 g/mol. The summed E-state index contributed by atoms with van der Waals surface area (Å²) < 4.78 is 5.83. The van der Waals surface area contributed by atoms with Crippen molar-refractivity contribution in [1.29, 1.82) is 0 Å². The molecular formula is C18H30N2O. The highest BCUT2D eigenvalue weighted by Crippen LogP contribution is 2.24. The first kappa shape index (κ1) is 16.5. The van der Waals surface area contributed by atoms with E-state index in [9.17, 15) is 0 Å². The van der Waals surface area contributed by atoms with Crippen LogP contribution in [0.4, 0.5) is 0 Å². The second-order valence-electron chi connectivity index (χ2n) is 6.40. The summed E-state index contributed by atoms with van der Waals surface area (Å²) in [7, 11) is 0. The number of morpholine rings is 1. The molecule has 0 aliphatic carbocycles. The quantitative estimate of drug-likeness (QED) is 0.871. The van der Waals surface area contributed by atoms with Crippen LogP contribution in [0.2, 0.25) is 0 Å². The fourth-order valence-electron chi connectivity index (χ4n) is 3.47. The van der Waals surface area contributed by atoms with Gasteiger partial charge in [0.25, 0.3) is 0 Å². The third kappa shape index (κ3) is 4.80. The molecule has 0 saturated carbocycles. The molecule has 3 heteroatoms. The molecule has 1 aromatic carbocycles. The van der Waals surface area contributed by atoms with Gasteiger partial charge in [0.2, 0.25) is 0 Å². The Hall–Kier alpha value is -0.900. The van der Waals surface area contributed by atoms with Crippen LogP contribution in [0.25, 0.3) is 0 Å².